The molecule has 1 saturated carbocycles. The first-order valence-electron chi connectivity index (χ1n) is 12.2. The minimum absolute atomic E-state index is 0.0165. The van der Waals surface area contributed by atoms with Crippen molar-refractivity contribution < 1.29 is 14.3 Å². The number of methoxy groups -OCH3 is 1. The van der Waals surface area contributed by atoms with Crippen molar-refractivity contribution in [2.75, 3.05) is 7.11 Å². The highest BCUT2D eigenvalue weighted by molar-refractivity contribution is 6.30. The summed E-state index contributed by atoms with van der Waals surface area (Å²) < 4.78 is 5.03. The molecule has 6 heteroatoms. The normalized spacial score (nSPS) is 28.8. The largest absolute Gasteiger partial charge is 0.469 e. The van der Waals surface area contributed by atoms with Crippen LogP contribution < -0.4 is 0 Å². The fourth-order valence-electron chi connectivity index (χ4n) is 6.06. The van der Waals surface area contributed by atoms with Gasteiger partial charge in [0.05, 0.1) is 24.5 Å². The summed E-state index contributed by atoms with van der Waals surface area (Å²) in [4.78, 5) is 28.8. The molecule has 2 aromatic rings. The van der Waals surface area contributed by atoms with Gasteiger partial charge in [0.1, 0.15) is 0 Å². The minimum atomic E-state index is -0.655. The van der Waals surface area contributed by atoms with Crippen LogP contribution in [0.15, 0.2) is 48.5 Å². The molecule has 4 nitrogen and oxygen atoms in total. The maximum Gasteiger partial charge on any atom is 0.308 e. The van der Waals surface area contributed by atoms with Crippen molar-refractivity contribution in [3.8, 4) is 0 Å². The van der Waals surface area contributed by atoms with Crippen molar-refractivity contribution in [1.82, 2.24) is 4.90 Å². The average molecular weight is 502 g/mol. The summed E-state index contributed by atoms with van der Waals surface area (Å²) in [6.45, 7) is 6.32. The lowest BCUT2D eigenvalue weighted by atomic mass is 9.65. The number of nitrogens with zero attached hydrogens (tertiary/aromatic N) is 1. The average Bonchev–Trinajstić information content (AvgIpc) is 3.64. The van der Waals surface area contributed by atoms with E-state index in [0.29, 0.717) is 22.9 Å². The second kappa shape index (κ2) is 9.91. The van der Waals surface area contributed by atoms with Gasteiger partial charge in [0.15, 0.2) is 0 Å². The lowest BCUT2D eigenvalue weighted by molar-refractivity contribution is -0.157. The first-order valence-corrected chi connectivity index (χ1v) is 12.9. The molecule has 0 bridgehead atoms. The van der Waals surface area contributed by atoms with Gasteiger partial charge in [0.2, 0.25) is 5.91 Å². The molecular formula is C28H33Cl2NO3. The molecule has 0 N–H and O–H groups in total. The number of carbonyl (C=O) groups is 2. The molecule has 0 spiro atoms. The SMILES string of the molecule is CCC(CC)N1C(=O)[C@@](C)(C2CC2C(=O)OC)C[C@H](c2cccc(Cl)c2)[C@H]1c1ccc(Cl)cc1. The maximum absolute atomic E-state index is 14.4. The van der Waals surface area contributed by atoms with Gasteiger partial charge in [-0.05, 0) is 67.0 Å². The zero-order chi connectivity index (χ0) is 24.6. The van der Waals surface area contributed by atoms with E-state index in [2.05, 4.69) is 24.8 Å². The predicted molar refractivity (Wildman–Crippen MR) is 136 cm³/mol. The highest BCUT2D eigenvalue weighted by Gasteiger charge is 2.62. The molecule has 2 aliphatic rings. The Balaban J connectivity index is 1.86. The van der Waals surface area contributed by atoms with Crippen molar-refractivity contribution in [2.24, 2.45) is 17.3 Å². The Hall–Kier alpha value is -2.04. The van der Waals surface area contributed by atoms with E-state index in [4.69, 9.17) is 27.9 Å². The first kappa shape index (κ1) is 25.1. The van der Waals surface area contributed by atoms with Gasteiger partial charge in [0, 0.05) is 22.0 Å². The summed E-state index contributed by atoms with van der Waals surface area (Å²) in [7, 11) is 1.42. The van der Waals surface area contributed by atoms with Crippen LogP contribution in [0, 0.1) is 17.3 Å². The fourth-order valence-corrected chi connectivity index (χ4v) is 6.38. The third-order valence-corrected chi connectivity index (χ3v) is 8.47. The molecule has 1 saturated heterocycles. The van der Waals surface area contributed by atoms with Gasteiger partial charge in [-0.2, -0.15) is 0 Å². The Labute approximate surface area is 212 Å². The number of ether oxygens (including phenoxy) is 1. The predicted octanol–water partition coefficient (Wildman–Crippen LogP) is 7.05. The van der Waals surface area contributed by atoms with Gasteiger partial charge in [-0.3, -0.25) is 9.59 Å². The van der Waals surface area contributed by atoms with E-state index >= 15 is 0 Å². The van der Waals surface area contributed by atoms with Crippen LogP contribution in [0.25, 0.3) is 0 Å². The smallest absolute Gasteiger partial charge is 0.308 e. The highest BCUT2D eigenvalue weighted by Crippen LogP contribution is 2.61. The van der Waals surface area contributed by atoms with Crippen molar-refractivity contribution >= 4 is 35.1 Å². The molecule has 182 valence electrons. The summed E-state index contributed by atoms with van der Waals surface area (Å²) in [5.74, 6) is -0.281. The molecule has 4 rings (SSSR count). The molecule has 2 aromatic carbocycles. The number of esters is 1. The van der Waals surface area contributed by atoms with Crippen LogP contribution in [0.3, 0.4) is 0 Å². The van der Waals surface area contributed by atoms with E-state index in [0.717, 1.165) is 24.0 Å². The van der Waals surface area contributed by atoms with E-state index < -0.39 is 5.41 Å². The van der Waals surface area contributed by atoms with Crippen LogP contribution in [0.5, 0.6) is 0 Å². The van der Waals surface area contributed by atoms with Crippen LogP contribution in [0.4, 0.5) is 0 Å². The molecule has 2 unspecified atom stereocenters. The van der Waals surface area contributed by atoms with Crippen molar-refractivity contribution in [3.63, 3.8) is 0 Å². The summed E-state index contributed by atoms with van der Waals surface area (Å²) in [5.41, 5.74) is 1.52. The number of rotatable bonds is 7. The van der Waals surface area contributed by atoms with Crippen molar-refractivity contribution in [1.29, 1.82) is 0 Å². The second-order valence-corrected chi connectivity index (χ2v) is 10.8. The quantitative estimate of drug-likeness (QED) is 0.381. The van der Waals surface area contributed by atoms with Crippen molar-refractivity contribution in [2.45, 2.75) is 64.5 Å². The number of amides is 1. The standard InChI is InChI=1S/C28H33Cl2NO3/c1-5-21(6-2)31-25(17-10-12-19(29)13-11-17)23(18-8-7-9-20(30)14-18)16-28(3,27(31)33)24-15-22(24)26(32)34-4/h7-14,21-25H,5-6,15-16H2,1-4H3/t22?,23-,24?,25-,28-/m1/s1. The number of hydrogen-bond donors (Lipinski definition) is 0. The molecule has 1 aliphatic carbocycles. The number of carbonyl (C=O) groups excluding carboxylic acids is 2. The highest BCUT2D eigenvalue weighted by atomic mass is 35.5. The Kier molecular flexibility index (Phi) is 7.30. The zero-order valence-corrected chi connectivity index (χ0v) is 21.8. The zero-order valence-electron chi connectivity index (χ0n) is 20.3. The van der Waals surface area contributed by atoms with Crippen LogP contribution in [0.2, 0.25) is 10.0 Å². The number of halogens is 2. The van der Waals surface area contributed by atoms with Crippen LogP contribution >= 0.6 is 23.2 Å². The van der Waals surface area contributed by atoms with Crippen LogP contribution in [-0.4, -0.2) is 29.9 Å². The molecule has 5 atom stereocenters. The van der Waals surface area contributed by atoms with E-state index in [9.17, 15) is 9.59 Å². The van der Waals surface area contributed by atoms with E-state index in [1.807, 2.05) is 49.4 Å². The van der Waals surface area contributed by atoms with Gasteiger partial charge in [-0.25, -0.2) is 0 Å². The van der Waals surface area contributed by atoms with Crippen LogP contribution in [-0.2, 0) is 14.3 Å². The first-order chi connectivity index (χ1) is 16.2. The van der Waals surface area contributed by atoms with E-state index in [1.165, 1.54) is 7.11 Å². The van der Waals surface area contributed by atoms with Gasteiger partial charge in [-0.1, -0.05) is 68.2 Å². The van der Waals surface area contributed by atoms with E-state index in [-0.39, 0.29) is 41.7 Å². The lowest BCUT2D eigenvalue weighted by Crippen LogP contribution is -2.56. The minimum Gasteiger partial charge on any atom is -0.469 e. The molecule has 1 aliphatic heterocycles. The van der Waals surface area contributed by atoms with Crippen LogP contribution in [0.1, 0.15) is 69.5 Å². The molecule has 0 radical (unpaired) electrons. The fraction of sp³-hybridized carbons (Fsp3) is 0.500. The molecule has 1 amide bonds. The summed E-state index contributed by atoms with van der Waals surface area (Å²) >= 11 is 12.7. The van der Waals surface area contributed by atoms with Gasteiger partial charge in [0.25, 0.3) is 0 Å². The molecule has 34 heavy (non-hydrogen) atoms. The number of hydrogen-bond acceptors (Lipinski definition) is 3. The summed E-state index contributed by atoms with van der Waals surface area (Å²) in [5, 5.41) is 1.35. The summed E-state index contributed by atoms with van der Waals surface area (Å²) in [6.07, 6.45) is 3.05. The lowest BCUT2D eigenvalue weighted by Gasteiger charge is -2.52. The van der Waals surface area contributed by atoms with Crippen molar-refractivity contribution in [3.05, 3.63) is 69.7 Å². The van der Waals surface area contributed by atoms with Gasteiger partial charge >= 0.3 is 5.97 Å². The number of benzene rings is 2. The van der Waals surface area contributed by atoms with Gasteiger partial charge in [-0.15, -0.1) is 0 Å². The second-order valence-electron chi connectivity index (χ2n) is 9.93. The molecule has 1 heterocycles. The number of piperidine rings is 1. The number of likely N-dealkylation sites (tertiary alicyclic amines) is 1. The maximum atomic E-state index is 14.4. The van der Waals surface area contributed by atoms with Gasteiger partial charge < -0.3 is 9.64 Å². The Morgan fingerprint density at radius 3 is 2.35 bits per heavy atom. The topological polar surface area (TPSA) is 46.6 Å². The third-order valence-electron chi connectivity index (χ3n) is 7.98. The molecular weight excluding hydrogens is 469 g/mol. The third kappa shape index (κ3) is 4.47. The molecule has 0 aromatic heterocycles. The Morgan fingerprint density at radius 2 is 1.76 bits per heavy atom. The Morgan fingerprint density at radius 1 is 1.09 bits per heavy atom. The summed E-state index contributed by atoms with van der Waals surface area (Å²) in [6, 6.07) is 15.8. The van der Waals surface area contributed by atoms with E-state index in [1.54, 1.807) is 0 Å². The Bertz CT molecular complexity index is 1050. The monoisotopic (exact) mass is 501 g/mol. The molecule has 2 fully saturated rings.